The van der Waals surface area contributed by atoms with E-state index in [1.807, 2.05) is 0 Å². The highest BCUT2D eigenvalue weighted by molar-refractivity contribution is 5.65. The van der Waals surface area contributed by atoms with Crippen LogP contribution in [0.3, 0.4) is 0 Å². The minimum Gasteiger partial charge on any atom is -0.379 e. The average Bonchev–Trinajstić information content (AvgIpc) is 2.74. The van der Waals surface area contributed by atoms with Crippen molar-refractivity contribution in [1.82, 2.24) is 9.80 Å². The number of hydrogen-bond acceptors (Lipinski definition) is 6. The molecule has 3 rings (SSSR count). The molecule has 32 heavy (non-hydrogen) atoms. The maximum absolute atomic E-state index is 5.47. The van der Waals surface area contributed by atoms with Crippen molar-refractivity contribution in [1.29, 1.82) is 0 Å². The Morgan fingerprint density at radius 2 is 1.12 bits per heavy atom. The Balaban J connectivity index is 1.37. The summed E-state index contributed by atoms with van der Waals surface area (Å²) < 4.78 is 10.9. The summed E-state index contributed by atoms with van der Waals surface area (Å²) in [6.07, 6.45) is 9.70. The highest BCUT2D eigenvalue weighted by Crippen LogP contribution is 2.30. The molecule has 6 heteroatoms. The number of ether oxygens (including phenoxy) is 2. The minimum atomic E-state index is 0.127. The van der Waals surface area contributed by atoms with Crippen LogP contribution in [-0.4, -0.2) is 101 Å². The molecule has 0 aromatic rings. The van der Waals surface area contributed by atoms with Gasteiger partial charge in [-0.15, -0.1) is 0 Å². The average molecular weight is 449 g/mol. The van der Waals surface area contributed by atoms with Gasteiger partial charge in [-0.1, -0.05) is 34.1 Å². The molecule has 184 valence electrons. The highest BCUT2D eigenvalue weighted by Gasteiger charge is 2.25. The molecule has 6 nitrogen and oxygen atoms in total. The molecule has 2 heterocycles. The topological polar surface area (TPSA) is 49.7 Å². The molecule has 0 bridgehead atoms. The van der Waals surface area contributed by atoms with Gasteiger partial charge >= 0.3 is 0 Å². The van der Waals surface area contributed by atoms with Crippen molar-refractivity contribution in [3.8, 4) is 0 Å². The molecule has 0 aromatic heterocycles. The van der Waals surface area contributed by atoms with Crippen molar-refractivity contribution in [2.75, 3.05) is 78.8 Å². The second-order valence-corrected chi connectivity index (χ2v) is 11.6. The van der Waals surface area contributed by atoms with Crippen LogP contribution in [0.25, 0.3) is 0 Å². The van der Waals surface area contributed by atoms with Crippen LogP contribution >= 0.6 is 0 Å². The van der Waals surface area contributed by atoms with Crippen LogP contribution in [-0.2, 0) is 9.47 Å². The number of nitrogens with zero attached hydrogens (tertiary/aromatic N) is 4. The van der Waals surface area contributed by atoms with Gasteiger partial charge in [-0.05, 0) is 31.1 Å². The smallest absolute Gasteiger partial charge is 0.0594 e. The van der Waals surface area contributed by atoms with Gasteiger partial charge in [0.25, 0.3) is 0 Å². The third-order valence-corrected chi connectivity index (χ3v) is 6.97. The first-order valence-electron chi connectivity index (χ1n) is 12.9. The Bertz CT molecular complexity index is 543. The van der Waals surface area contributed by atoms with Gasteiger partial charge in [-0.3, -0.25) is 19.8 Å². The Morgan fingerprint density at radius 1 is 0.719 bits per heavy atom. The number of hydrogen-bond donors (Lipinski definition) is 0. The summed E-state index contributed by atoms with van der Waals surface area (Å²) in [5, 5.41) is 0. The second-order valence-electron chi connectivity index (χ2n) is 11.6. The first kappa shape index (κ1) is 25.8. The minimum absolute atomic E-state index is 0.127. The summed E-state index contributed by atoms with van der Waals surface area (Å²) in [4.78, 5) is 14.8. The lowest BCUT2D eigenvalue weighted by Crippen LogP contribution is -2.42. The zero-order valence-electron chi connectivity index (χ0n) is 21.2. The molecule has 0 aromatic carbocycles. The van der Waals surface area contributed by atoms with Crippen LogP contribution in [0, 0.1) is 22.7 Å². The lowest BCUT2D eigenvalue weighted by Gasteiger charge is -2.33. The fraction of sp³-hybridized carbons (Fsp3) is 0.923. The van der Waals surface area contributed by atoms with Crippen LogP contribution in [0.2, 0.25) is 0 Å². The first-order chi connectivity index (χ1) is 15.3. The number of morpholine rings is 2. The van der Waals surface area contributed by atoms with Gasteiger partial charge in [-0.2, -0.15) is 0 Å². The molecular weight excluding hydrogens is 400 g/mol. The van der Waals surface area contributed by atoms with Gasteiger partial charge in [0.1, 0.15) is 0 Å². The SMILES string of the molecule is CC(C)(C=NCC1CCCC(CN=CC(C)(C)CN2CCOCC2)C1)CN1CCOCC1. The lowest BCUT2D eigenvalue weighted by atomic mass is 9.81. The fourth-order valence-corrected chi connectivity index (χ4v) is 5.38. The van der Waals surface area contributed by atoms with Crippen molar-refractivity contribution < 1.29 is 9.47 Å². The third-order valence-electron chi connectivity index (χ3n) is 6.97. The van der Waals surface area contributed by atoms with E-state index in [1.54, 1.807) is 0 Å². The van der Waals surface area contributed by atoms with E-state index in [4.69, 9.17) is 19.5 Å². The van der Waals surface area contributed by atoms with Gasteiger partial charge in [-0.25, -0.2) is 0 Å². The lowest BCUT2D eigenvalue weighted by molar-refractivity contribution is 0.0289. The molecule has 1 aliphatic carbocycles. The molecule has 3 fully saturated rings. The highest BCUT2D eigenvalue weighted by atomic mass is 16.5. The number of aliphatic imine (C=N–C) groups is 2. The van der Waals surface area contributed by atoms with Crippen LogP contribution in [0.1, 0.15) is 53.4 Å². The van der Waals surface area contributed by atoms with E-state index < -0.39 is 0 Å². The number of rotatable bonds is 10. The predicted molar refractivity (Wildman–Crippen MR) is 134 cm³/mol. The molecular formula is C26H48N4O2. The van der Waals surface area contributed by atoms with Gasteiger partial charge < -0.3 is 9.47 Å². The molecule has 2 aliphatic heterocycles. The quantitative estimate of drug-likeness (QED) is 0.479. The summed E-state index contributed by atoms with van der Waals surface area (Å²) in [7, 11) is 0. The normalized spacial score (nSPS) is 27.5. The van der Waals surface area contributed by atoms with Crippen molar-refractivity contribution >= 4 is 12.4 Å². The molecule has 0 N–H and O–H groups in total. The van der Waals surface area contributed by atoms with Crippen molar-refractivity contribution in [2.24, 2.45) is 32.7 Å². The summed E-state index contributed by atoms with van der Waals surface area (Å²) in [5.74, 6) is 1.45. The molecule has 0 amide bonds. The van der Waals surface area contributed by atoms with E-state index in [1.165, 1.54) is 25.7 Å². The molecule has 1 saturated carbocycles. The van der Waals surface area contributed by atoms with E-state index in [0.29, 0.717) is 0 Å². The van der Waals surface area contributed by atoms with E-state index in [-0.39, 0.29) is 10.8 Å². The summed E-state index contributed by atoms with van der Waals surface area (Å²) >= 11 is 0. The Kier molecular flexibility index (Phi) is 10.1. The van der Waals surface area contributed by atoms with Gasteiger partial charge in [0, 0.05) is 75.6 Å². The van der Waals surface area contributed by atoms with Gasteiger partial charge in [0.05, 0.1) is 26.4 Å². The van der Waals surface area contributed by atoms with Gasteiger partial charge in [0.15, 0.2) is 0 Å². The van der Waals surface area contributed by atoms with Crippen molar-refractivity contribution in [3.05, 3.63) is 0 Å². The molecule has 3 aliphatic rings. The molecule has 2 unspecified atom stereocenters. The largest absolute Gasteiger partial charge is 0.379 e. The van der Waals surface area contributed by atoms with Crippen LogP contribution in [0.15, 0.2) is 9.98 Å². The Hall–Kier alpha value is -0.820. The third kappa shape index (κ3) is 9.58. The van der Waals surface area contributed by atoms with E-state index >= 15 is 0 Å². The molecule has 0 spiro atoms. The predicted octanol–water partition coefficient (Wildman–Crippen LogP) is 3.65. The van der Waals surface area contributed by atoms with Crippen LogP contribution < -0.4 is 0 Å². The summed E-state index contributed by atoms with van der Waals surface area (Å²) in [6.45, 7) is 21.0. The summed E-state index contributed by atoms with van der Waals surface area (Å²) in [5.41, 5.74) is 0.254. The first-order valence-corrected chi connectivity index (χ1v) is 12.9. The van der Waals surface area contributed by atoms with Crippen molar-refractivity contribution in [2.45, 2.75) is 53.4 Å². The standard InChI is InChI=1S/C26H48N4O2/c1-25(2,21-29-8-12-31-13-9-29)19-27-17-23-6-5-7-24(16-23)18-28-20-26(3,4)22-30-10-14-32-15-11-30/h19-20,23-24H,5-18,21-22H2,1-4H3. The Morgan fingerprint density at radius 3 is 1.53 bits per heavy atom. The second kappa shape index (κ2) is 12.6. The zero-order chi connectivity index (χ0) is 22.9. The molecule has 2 atom stereocenters. The van der Waals surface area contributed by atoms with Crippen molar-refractivity contribution in [3.63, 3.8) is 0 Å². The van der Waals surface area contributed by atoms with Gasteiger partial charge in [0.2, 0.25) is 0 Å². The zero-order valence-corrected chi connectivity index (χ0v) is 21.2. The van der Waals surface area contributed by atoms with E-state index in [2.05, 4.69) is 49.9 Å². The fourth-order valence-electron chi connectivity index (χ4n) is 5.38. The van der Waals surface area contributed by atoms with E-state index in [9.17, 15) is 0 Å². The molecule has 0 radical (unpaired) electrons. The maximum Gasteiger partial charge on any atom is 0.0594 e. The monoisotopic (exact) mass is 448 g/mol. The maximum atomic E-state index is 5.47. The molecule has 2 saturated heterocycles. The summed E-state index contributed by atoms with van der Waals surface area (Å²) in [6, 6.07) is 0. The van der Waals surface area contributed by atoms with Crippen LogP contribution in [0.5, 0.6) is 0 Å². The van der Waals surface area contributed by atoms with Crippen LogP contribution in [0.4, 0.5) is 0 Å². The Labute approximate surface area is 196 Å². The van der Waals surface area contributed by atoms with E-state index in [0.717, 1.165) is 90.6 Å².